The van der Waals surface area contributed by atoms with Crippen molar-refractivity contribution in [2.75, 3.05) is 34.9 Å². The van der Waals surface area contributed by atoms with Gasteiger partial charge in [-0.1, -0.05) is 12.1 Å². The second-order valence-corrected chi connectivity index (χ2v) is 5.81. The van der Waals surface area contributed by atoms with Gasteiger partial charge in [0.05, 0.1) is 25.8 Å². The van der Waals surface area contributed by atoms with Crippen molar-refractivity contribution in [3.05, 3.63) is 59.4 Å². The van der Waals surface area contributed by atoms with E-state index in [1.165, 1.54) is 19.2 Å². The van der Waals surface area contributed by atoms with Gasteiger partial charge >= 0.3 is 0 Å². The highest BCUT2D eigenvalue weighted by Crippen LogP contribution is 2.25. The first-order valence-corrected chi connectivity index (χ1v) is 7.88. The zero-order chi connectivity index (χ0) is 18.4. The Bertz CT molecular complexity index is 734. The molecule has 0 saturated heterocycles. The minimum atomic E-state index is -0.299. The quantitative estimate of drug-likeness (QED) is 0.838. The van der Waals surface area contributed by atoms with Gasteiger partial charge in [0.25, 0.3) is 5.91 Å². The average Bonchev–Trinajstić information content (AvgIpc) is 2.60. The number of rotatable bonds is 7. The van der Waals surface area contributed by atoms with Crippen molar-refractivity contribution in [1.29, 1.82) is 0 Å². The SMILES string of the molecule is COc1ccc(C(=O)NCC(c2cccc(F)c2)N(C)C)c(OC)c1. The van der Waals surface area contributed by atoms with Crippen LogP contribution in [0.2, 0.25) is 0 Å². The molecule has 0 aliphatic carbocycles. The van der Waals surface area contributed by atoms with E-state index in [1.807, 2.05) is 25.1 Å². The molecule has 5 nitrogen and oxygen atoms in total. The molecule has 0 heterocycles. The molecule has 0 aliphatic heterocycles. The molecule has 0 aromatic heterocycles. The number of nitrogens with zero attached hydrogens (tertiary/aromatic N) is 1. The van der Waals surface area contributed by atoms with Gasteiger partial charge in [-0.3, -0.25) is 4.79 Å². The van der Waals surface area contributed by atoms with Crippen molar-refractivity contribution >= 4 is 5.91 Å². The van der Waals surface area contributed by atoms with Crippen LogP contribution in [0.3, 0.4) is 0 Å². The van der Waals surface area contributed by atoms with E-state index in [1.54, 1.807) is 31.4 Å². The Morgan fingerprint density at radius 1 is 1.16 bits per heavy atom. The van der Waals surface area contributed by atoms with Crippen LogP contribution < -0.4 is 14.8 Å². The largest absolute Gasteiger partial charge is 0.497 e. The molecule has 1 N–H and O–H groups in total. The summed E-state index contributed by atoms with van der Waals surface area (Å²) in [6, 6.07) is 11.2. The van der Waals surface area contributed by atoms with Crippen molar-refractivity contribution in [3.8, 4) is 11.5 Å². The summed E-state index contributed by atoms with van der Waals surface area (Å²) >= 11 is 0. The minimum Gasteiger partial charge on any atom is -0.497 e. The first kappa shape index (κ1) is 18.7. The molecule has 2 aromatic carbocycles. The monoisotopic (exact) mass is 346 g/mol. The van der Waals surface area contributed by atoms with E-state index < -0.39 is 0 Å². The first-order valence-electron chi connectivity index (χ1n) is 7.88. The van der Waals surface area contributed by atoms with E-state index in [2.05, 4.69) is 5.32 Å². The summed E-state index contributed by atoms with van der Waals surface area (Å²) < 4.78 is 23.9. The van der Waals surface area contributed by atoms with Gasteiger partial charge in [-0.25, -0.2) is 4.39 Å². The fourth-order valence-corrected chi connectivity index (χ4v) is 2.58. The summed E-state index contributed by atoms with van der Waals surface area (Å²) in [6.45, 7) is 0.338. The summed E-state index contributed by atoms with van der Waals surface area (Å²) in [5.41, 5.74) is 1.21. The molecule has 1 unspecified atom stereocenters. The fraction of sp³-hybridized carbons (Fsp3) is 0.316. The predicted octanol–water partition coefficient (Wildman–Crippen LogP) is 2.88. The van der Waals surface area contributed by atoms with E-state index in [0.29, 0.717) is 23.6 Å². The van der Waals surface area contributed by atoms with Crippen molar-refractivity contribution in [2.45, 2.75) is 6.04 Å². The summed E-state index contributed by atoms with van der Waals surface area (Å²) in [5.74, 6) is 0.485. The third-order valence-electron chi connectivity index (χ3n) is 3.97. The number of nitrogens with one attached hydrogen (secondary N) is 1. The Balaban J connectivity index is 2.14. The summed E-state index contributed by atoms with van der Waals surface area (Å²) in [5, 5.41) is 2.89. The fourth-order valence-electron chi connectivity index (χ4n) is 2.58. The molecule has 0 bridgehead atoms. The van der Waals surface area contributed by atoms with Crippen molar-refractivity contribution < 1.29 is 18.7 Å². The molecule has 1 amide bonds. The number of methoxy groups -OCH3 is 2. The van der Waals surface area contributed by atoms with Crippen molar-refractivity contribution in [2.24, 2.45) is 0 Å². The van der Waals surface area contributed by atoms with Crippen LogP contribution in [0.1, 0.15) is 22.0 Å². The molecule has 134 valence electrons. The number of carbonyl (C=O) groups is 1. The number of ether oxygens (including phenoxy) is 2. The van der Waals surface area contributed by atoms with Crippen LogP contribution in [0.4, 0.5) is 4.39 Å². The molecule has 25 heavy (non-hydrogen) atoms. The Labute approximate surface area is 147 Å². The van der Waals surface area contributed by atoms with Crippen molar-refractivity contribution in [1.82, 2.24) is 10.2 Å². The topological polar surface area (TPSA) is 50.8 Å². The maximum absolute atomic E-state index is 13.5. The number of benzene rings is 2. The molecule has 2 rings (SSSR count). The maximum atomic E-state index is 13.5. The predicted molar refractivity (Wildman–Crippen MR) is 94.7 cm³/mol. The van der Waals surface area contributed by atoms with E-state index in [4.69, 9.17) is 9.47 Å². The lowest BCUT2D eigenvalue weighted by Gasteiger charge is -2.25. The summed E-state index contributed by atoms with van der Waals surface area (Å²) in [7, 11) is 6.82. The normalized spacial score (nSPS) is 11.9. The van der Waals surface area contributed by atoms with Crippen LogP contribution in [-0.4, -0.2) is 45.7 Å². The number of hydrogen-bond donors (Lipinski definition) is 1. The second-order valence-electron chi connectivity index (χ2n) is 5.81. The Morgan fingerprint density at radius 3 is 2.52 bits per heavy atom. The van der Waals surface area contributed by atoms with Crippen LogP contribution in [0.15, 0.2) is 42.5 Å². The van der Waals surface area contributed by atoms with Gasteiger partial charge in [0, 0.05) is 12.6 Å². The zero-order valence-corrected chi connectivity index (χ0v) is 14.9. The van der Waals surface area contributed by atoms with Gasteiger partial charge in [-0.05, 0) is 43.9 Å². The third kappa shape index (κ3) is 4.70. The second kappa shape index (κ2) is 8.48. The smallest absolute Gasteiger partial charge is 0.255 e. The lowest BCUT2D eigenvalue weighted by atomic mass is 10.1. The summed E-state index contributed by atoms with van der Waals surface area (Å²) in [4.78, 5) is 14.5. The maximum Gasteiger partial charge on any atom is 0.255 e. The van der Waals surface area contributed by atoms with Gasteiger partial charge in [0.15, 0.2) is 0 Å². The molecule has 0 saturated carbocycles. The number of likely N-dealkylation sites (N-methyl/N-ethyl adjacent to an activating group) is 1. The zero-order valence-electron chi connectivity index (χ0n) is 14.9. The standard InChI is InChI=1S/C19H23FN2O3/c1-22(2)17(13-6-5-7-14(20)10-13)12-21-19(23)16-9-8-15(24-3)11-18(16)25-4/h5-11,17H,12H2,1-4H3,(H,21,23). The lowest BCUT2D eigenvalue weighted by Crippen LogP contribution is -2.34. The van der Waals surface area contributed by atoms with Gasteiger partial charge < -0.3 is 19.7 Å². The average molecular weight is 346 g/mol. The molecule has 2 aromatic rings. The molecule has 0 fully saturated rings. The highest BCUT2D eigenvalue weighted by atomic mass is 19.1. The molecule has 0 aliphatic rings. The van der Waals surface area contributed by atoms with Crippen LogP contribution in [0, 0.1) is 5.82 Å². The van der Waals surface area contributed by atoms with E-state index in [0.717, 1.165) is 5.56 Å². The molecule has 1 atom stereocenters. The van der Waals surface area contributed by atoms with Crippen LogP contribution >= 0.6 is 0 Å². The Morgan fingerprint density at radius 2 is 1.92 bits per heavy atom. The minimum absolute atomic E-state index is 0.149. The van der Waals surface area contributed by atoms with Crippen LogP contribution in [0.5, 0.6) is 11.5 Å². The van der Waals surface area contributed by atoms with Gasteiger partial charge in [-0.2, -0.15) is 0 Å². The third-order valence-corrected chi connectivity index (χ3v) is 3.97. The molecule has 0 spiro atoms. The van der Waals surface area contributed by atoms with Crippen LogP contribution in [0.25, 0.3) is 0 Å². The van der Waals surface area contributed by atoms with Gasteiger partial charge in [0.1, 0.15) is 17.3 Å². The number of amides is 1. The molecular formula is C19H23FN2O3. The molecule has 0 radical (unpaired) electrons. The number of carbonyl (C=O) groups excluding carboxylic acids is 1. The summed E-state index contributed by atoms with van der Waals surface area (Å²) in [6.07, 6.45) is 0. The number of halogens is 1. The highest BCUT2D eigenvalue weighted by Gasteiger charge is 2.18. The first-order chi connectivity index (χ1) is 12.0. The lowest BCUT2D eigenvalue weighted by molar-refractivity contribution is 0.0939. The number of hydrogen-bond acceptors (Lipinski definition) is 4. The van der Waals surface area contributed by atoms with Gasteiger partial charge in [0.2, 0.25) is 0 Å². The Kier molecular flexibility index (Phi) is 6.36. The van der Waals surface area contributed by atoms with E-state index in [-0.39, 0.29) is 17.8 Å². The van der Waals surface area contributed by atoms with Gasteiger partial charge in [-0.15, -0.1) is 0 Å². The van der Waals surface area contributed by atoms with Crippen molar-refractivity contribution in [3.63, 3.8) is 0 Å². The highest BCUT2D eigenvalue weighted by molar-refractivity contribution is 5.97. The Hall–Kier alpha value is -2.60. The van der Waals surface area contributed by atoms with E-state index >= 15 is 0 Å². The van der Waals surface area contributed by atoms with Crippen LogP contribution in [-0.2, 0) is 0 Å². The molecular weight excluding hydrogens is 323 g/mol. The van der Waals surface area contributed by atoms with E-state index in [9.17, 15) is 9.18 Å². The molecule has 6 heteroatoms.